The summed E-state index contributed by atoms with van der Waals surface area (Å²) >= 11 is 0. The number of hydrogen-bond donors (Lipinski definition) is 2. The molecule has 0 spiro atoms. The Kier molecular flexibility index (Phi) is 7.84. The lowest BCUT2D eigenvalue weighted by Gasteiger charge is -2.26. The van der Waals surface area contributed by atoms with E-state index in [9.17, 15) is 9.18 Å². The van der Waals surface area contributed by atoms with Crippen molar-refractivity contribution in [1.82, 2.24) is 25.4 Å². The Bertz CT molecular complexity index is 742. The van der Waals surface area contributed by atoms with Crippen LogP contribution in [-0.2, 0) is 4.79 Å². The van der Waals surface area contributed by atoms with E-state index in [0.29, 0.717) is 12.4 Å². The fourth-order valence-electron chi connectivity index (χ4n) is 4.23. The first-order valence-corrected chi connectivity index (χ1v) is 10.8. The summed E-state index contributed by atoms with van der Waals surface area (Å²) in [6, 6.07) is 3.27. The molecular weight excluding hydrogens is 385 g/mol. The Morgan fingerprint density at radius 3 is 2.93 bits per heavy atom. The number of anilines is 1. The molecule has 166 valence electrons. The van der Waals surface area contributed by atoms with Gasteiger partial charge in [-0.3, -0.25) is 14.7 Å². The van der Waals surface area contributed by atoms with Crippen LogP contribution in [0, 0.1) is 5.82 Å². The van der Waals surface area contributed by atoms with Crippen LogP contribution in [0.3, 0.4) is 0 Å². The summed E-state index contributed by atoms with van der Waals surface area (Å²) < 4.78 is 14.0. The first-order chi connectivity index (χ1) is 14.5. The van der Waals surface area contributed by atoms with Crippen molar-refractivity contribution in [2.24, 2.45) is 4.99 Å². The van der Waals surface area contributed by atoms with E-state index in [1.54, 1.807) is 24.2 Å². The lowest BCUT2D eigenvalue weighted by molar-refractivity contribution is -0.133. The molecule has 0 aliphatic carbocycles. The Labute approximate surface area is 178 Å². The van der Waals surface area contributed by atoms with Gasteiger partial charge in [-0.15, -0.1) is 0 Å². The van der Waals surface area contributed by atoms with Crippen LogP contribution in [0.2, 0.25) is 0 Å². The van der Waals surface area contributed by atoms with Crippen molar-refractivity contribution < 1.29 is 9.18 Å². The molecule has 2 N–H and O–H groups in total. The molecule has 2 aliphatic heterocycles. The third-order valence-electron chi connectivity index (χ3n) is 5.80. The van der Waals surface area contributed by atoms with Crippen LogP contribution >= 0.6 is 0 Å². The minimum atomic E-state index is -0.284. The first-order valence-electron chi connectivity index (χ1n) is 10.8. The van der Waals surface area contributed by atoms with Gasteiger partial charge in [-0.05, 0) is 44.4 Å². The van der Waals surface area contributed by atoms with Crippen molar-refractivity contribution in [3.8, 4) is 0 Å². The number of likely N-dealkylation sites (tertiary alicyclic amines) is 1. The maximum atomic E-state index is 14.0. The number of nitrogens with one attached hydrogen (secondary N) is 2. The van der Waals surface area contributed by atoms with E-state index in [0.717, 1.165) is 57.8 Å². The average Bonchev–Trinajstić information content (AvgIpc) is 3.39. The van der Waals surface area contributed by atoms with Crippen LogP contribution in [0.1, 0.15) is 25.7 Å². The summed E-state index contributed by atoms with van der Waals surface area (Å²) in [5.41, 5.74) is 0. The van der Waals surface area contributed by atoms with Crippen molar-refractivity contribution in [2.45, 2.75) is 37.8 Å². The second-order valence-corrected chi connectivity index (χ2v) is 8.16. The van der Waals surface area contributed by atoms with E-state index >= 15 is 0 Å². The second-order valence-electron chi connectivity index (χ2n) is 8.16. The van der Waals surface area contributed by atoms with E-state index in [2.05, 4.69) is 25.5 Å². The molecule has 3 rings (SSSR count). The van der Waals surface area contributed by atoms with Crippen molar-refractivity contribution >= 4 is 17.7 Å². The summed E-state index contributed by atoms with van der Waals surface area (Å²) in [5, 5.41) is 6.79. The van der Waals surface area contributed by atoms with Crippen LogP contribution in [0.4, 0.5) is 10.2 Å². The largest absolute Gasteiger partial charge is 0.356 e. The number of likely N-dealkylation sites (N-methyl/N-ethyl adjacent to an activating group) is 1. The number of carbonyl (C=O) groups is 1. The standard InChI is InChI=1S/C21H34FN7O/c1-23-21(25-11-6-13-28-12-5-8-18(28)20(30)27(2)3)26-16-9-14-29(15-16)19-17(22)7-4-10-24-19/h4,7,10,16,18H,5-6,8-9,11-15H2,1-3H3,(H2,23,25,26). The molecule has 2 saturated heterocycles. The van der Waals surface area contributed by atoms with Crippen LogP contribution in [-0.4, -0.2) is 92.6 Å². The van der Waals surface area contributed by atoms with Crippen LogP contribution in [0.15, 0.2) is 23.3 Å². The van der Waals surface area contributed by atoms with E-state index in [1.807, 2.05) is 19.0 Å². The second kappa shape index (κ2) is 10.6. The summed E-state index contributed by atoms with van der Waals surface area (Å²) in [7, 11) is 5.40. The van der Waals surface area contributed by atoms with Gasteiger partial charge in [0.1, 0.15) is 0 Å². The normalized spacial score (nSPS) is 22.4. The van der Waals surface area contributed by atoms with Gasteiger partial charge in [0.25, 0.3) is 0 Å². The number of halogens is 1. The number of amides is 1. The van der Waals surface area contributed by atoms with E-state index < -0.39 is 0 Å². The topological polar surface area (TPSA) is 76.1 Å². The highest BCUT2D eigenvalue weighted by Crippen LogP contribution is 2.21. The molecule has 0 saturated carbocycles. The number of hydrogen-bond acceptors (Lipinski definition) is 5. The maximum Gasteiger partial charge on any atom is 0.239 e. The predicted molar refractivity (Wildman–Crippen MR) is 117 cm³/mol. The van der Waals surface area contributed by atoms with Gasteiger partial charge in [0.05, 0.1) is 6.04 Å². The molecule has 8 nitrogen and oxygen atoms in total. The number of nitrogens with zero attached hydrogens (tertiary/aromatic N) is 5. The highest BCUT2D eigenvalue weighted by Gasteiger charge is 2.31. The van der Waals surface area contributed by atoms with Gasteiger partial charge < -0.3 is 20.4 Å². The molecule has 9 heteroatoms. The number of pyridine rings is 1. The number of carbonyl (C=O) groups excluding carboxylic acids is 1. The Balaban J connectivity index is 1.39. The third kappa shape index (κ3) is 5.59. The molecule has 1 aromatic heterocycles. The van der Waals surface area contributed by atoms with E-state index in [-0.39, 0.29) is 23.8 Å². The minimum absolute atomic E-state index is 0.0221. The zero-order chi connectivity index (χ0) is 21.5. The van der Waals surface area contributed by atoms with Crippen molar-refractivity contribution in [1.29, 1.82) is 0 Å². The molecule has 2 atom stereocenters. The lowest BCUT2D eigenvalue weighted by Crippen LogP contribution is -2.46. The Hall–Kier alpha value is -2.42. The van der Waals surface area contributed by atoms with E-state index in [4.69, 9.17) is 0 Å². The quantitative estimate of drug-likeness (QED) is 0.389. The fourth-order valence-corrected chi connectivity index (χ4v) is 4.23. The van der Waals surface area contributed by atoms with Crippen LogP contribution < -0.4 is 15.5 Å². The molecular formula is C21H34FN7O. The third-order valence-corrected chi connectivity index (χ3v) is 5.80. The van der Waals surface area contributed by atoms with Gasteiger partial charge in [0.2, 0.25) is 5.91 Å². The monoisotopic (exact) mass is 419 g/mol. The molecule has 1 aromatic rings. The SMILES string of the molecule is CN=C(NCCCN1CCCC1C(=O)N(C)C)NC1CCN(c2ncccc2F)C1. The Morgan fingerprint density at radius 1 is 1.37 bits per heavy atom. The molecule has 0 radical (unpaired) electrons. The summed E-state index contributed by atoms with van der Waals surface area (Å²) in [5.74, 6) is 1.09. The molecule has 0 aromatic carbocycles. The highest BCUT2D eigenvalue weighted by atomic mass is 19.1. The van der Waals surface area contributed by atoms with E-state index in [1.165, 1.54) is 6.07 Å². The van der Waals surface area contributed by atoms with Gasteiger partial charge in [0, 0.05) is 59.6 Å². The lowest BCUT2D eigenvalue weighted by atomic mass is 10.2. The molecule has 2 aliphatic rings. The Morgan fingerprint density at radius 2 is 2.20 bits per heavy atom. The van der Waals surface area contributed by atoms with Crippen LogP contribution in [0.5, 0.6) is 0 Å². The molecule has 30 heavy (non-hydrogen) atoms. The molecule has 0 bridgehead atoms. The average molecular weight is 420 g/mol. The fraction of sp³-hybridized carbons (Fsp3) is 0.667. The predicted octanol–water partition coefficient (Wildman–Crippen LogP) is 0.907. The maximum absolute atomic E-state index is 14.0. The molecule has 3 heterocycles. The van der Waals surface area contributed by atoms with Gasteiger partial charge in [-0.1, -0.05) is 0 Å². The minimum Gasteiger partial charge on any atom is -0.356 e. The highest BCUT2D eigenvalue weighted by molar-refractivity contribution is 5.81. The van der Waals surface area contributed by atoms with Gasteiger partial charge in [-0.25, -0.2) is 9.37 Å². The smallest absolute Gasteiger partial charge is 0.239 e. The number of aromatic nitrogens is 1. The zero-order valence-electron chi connectivity index (χ0n) is 18.3. The molecule has 2 fully saturated rings. The van der Waals surface area contributed by atoms with Gasteiger partial charge in [-0.2, -0.15) is 0 Å². The number of aliphatic imine (C=N–C) groups is 1. The zero-order valence-corrected chi connectivity index (χ0v) is 18.3. The van der Waals surface area contributed by atoms with Gasteiger partial charge in [0.15, 0.2) is 17.6 Å². The summed E-state index contributed by atoms with van der Waals surface area (Å²) in [6.07, 6.45) is 5.49. The molecule has 1 amide bonds. The number of rotatable bonds is 7. The van der Waals surface area contributed by atoms with Crippen molar-refractivity contribution in [3.05, 3.63) is 24.1 Å². The van der Waals surface area contributed by atoms with Crippen molar-refractivity contribution in [3.63, 3.8) is 0 Å². The van der Waals surface area contributed by atoms with Crippen LogP contribution in [0.25, 0.3) is 0 Å². The first kappa shape index (κ1) is 22.3. The van der Waals surface area contributed by atoms with Gasteiger partial charge >= 0.3 is 0 Å². The summed E-state index contributed by atoms with van der Waals surface area (Å²) in [4.78, 5) is 26.7. The van der Waals surface area contributed by atoms with Crippen molar-refractivity contribution in [2.75, 3.05) is 58.8 Å². The summed E-state index contributed by atoms with van der Waals surface area (Å²) in [6.45, 7) is 4.11. The molecule has 2 unspecified atom stereocenters. The number of guanidine groups is 1.